The van der Waals surface area contributed by atoms with Gasteiger partial charge in [0.15, 0.2) is 5.13 Å². The number of carbonyl (C=O) groups is 1. The summed E-state index contributed by atoms with van der Waals surface area (Å²) in [4.78, 5) is 17.2. The number of anilines is 1. The summed E-state index contributed by atoms with van der Waals surface area (Å²) in [6.07, 6.45) is 0.967. The zero-order chi connectivity index (χ0) is 19.9. The lowest BCUT2D eigenvalue weighted by molar-refractivity contribution is 0.102. The topological polar surface area (TPSA) is 69.7 Å². The van der Waals surface area contributed by atoms with Crippen molar-refractivity contribution in [2.45, 2.75) is 13.3 Å². The standard InChI is InChI=1S/C21H22N2O4S/c1-4-11-27-15-7-5-14(6-8-15)18-13-28-21(22-18)23-20(24)17-12-16(25-2)9-10-19(17)26-3/h5-10,12-13H,4,11H2,1-3H3,(H,22,23,24). The van der Waals surface area contributed by atoms with E-state index in [0.29, 0.717) is 28.8 Å². The molecule has 0 aliphatic rings. The molecule has 2 aromatic carbocycles. The number of hydrogen-bond donors (Lipinski definition) is 1. The van der Waals surface area contributed by atoms with E-state index in [4.69, 9.17) is 14.2 Å². The molecule has 146 valence electrons. The summed E-state index contributed by atoms with van der Waals surface area (Å²) in [5, 5.41) is 5.24. The molecule has 0 bridgehead atoms. The van der Waals surface area contributed by atoms with Gasteiger partial charge >= 0.3 is 0 Å². The summed E-state index contributed by atoms with van der Waals surface area (Å²) in [5.41, 5.74) is 2.13. The molecule has 0 saturated heterocycles. The molecule has 6 nitrogen and oxygen atoms in total. The Bertz CT molecular complexity index is 938. The highest BCUT2D eigenvalue weighted by atomic mass is 32.1. The highest BCUT2D eigenvalue weighted by Crippen LogP contribution is 2.29. The minimum Gasteiger partial charge on any atom is -0.497 e. The highest BCUT2D eigenvalue weighted by molar-refractivity contribution is 7.14. The van der Waals surface area contributed by atoms with Crippen molar-refractivity contribution in [1.29, 1.82) is 0 Å². The van der Waals surface area contributed by atoms with Crippen LogP contribution in [0.1, 0.15) is 23.7 Å². The molecule has 0 spiro atoms. The van der Waals surface area contributed by atoms with Gasteiger partial charge in [-0.25, -0.2) is 4.98 Å². The first kappa shape index (κ1) is 19.7. The summed E-state index contributed by atoms with van der Waals surface area (Å²) in [6.45, 7) is 2.76. The van der Waals surface area contributed by atoms with Crippen LogP contribution in [-0.2, 0) is 0 Å². The number of carbonyl (C=O) groups excluding carboxylic acids is 1. The van der Waals surface area contributed by atoms with Gasteiger partial charge in [0.05, 0.1) is 32.1 Å². The van der Waals surface area contributed by atoms with E-state index in [-0.39, 0.29) is 5.91 Å². The third kappa shape index (κ3) is 4.61. The Balaban J connectivity index is 1.73. The Hall–Kier alpha value is -3.06. The van der Waals surface area contributed by atoms with Crippen molar-refractivity contribution in [2.24, 2.45) is 0 Å². The summed E-state index contributed by atoms with van der Waals surface area (Å²) in [7, 11) is 3.07. The first-order chi connectivity index (χ1) is 13.6. The first-order valence-electron chi connectivity index (χ1n) is 8.86. The molecule has 0 radical (unpaired) electrons. The summed E-state index contributed by atoms with van der Waals surface area (Å²) >= 11 is 1.36. The summed E-state index contributed by atoms with van der Waals surface area (Å²) in [5.74, 6) is 1.58. The Labute approximate surface area is 168 Å². The zero-order valence-electron chi connectivity index (χ0n) is 16.0. The Morgan fingerprint density at radius 1 is 1.07 bits per heavy atom. The number of nitrogens with one attached hydrogen (secondary N) is 1. The lowest BCUT2D eigenvalue weighted by Crippen LogP contribution is -2.13. The van der Waals surface area contributed by atoms with Crippen LogP contribution in [0.4, 0.5) is 5.13 Å². The molecule has 0 unspecified atom stereocenters. The lowest BCUT2D eigenvalue weighted by Gasteiger charge is -2.09. The molecule has 1 aromatic heterocycles. The van der Waals surface area contributed by atoms with E-state index in [0.717, 1.165) is 23.4 Å². The quantitative estimate of drug-likeness (QED) is 0.586. The second kappa shape index (κ2) is 9.23. The van der Waals surface area contributed by atoms with Crippen molar-refractivity contribution >= 4 is 22.4 Å². The van der Waals surface area contributed by atoms with Crippen LogP contribution in [0.3, 0.4) is 0 Å². The minimum atomic E-state index is -0.306. The molecule has 0 aliphatic heterocycles. The molecule has 1 amide bonds. The fourth-order valence-electron chi connectivity index (χ4n) is 2.56. The van der Waals surface area contributed by atoms with Gasteiger partial charge in [0, 0.05) is 10.9 Å². The van der Waals surface area contributed by atoms with Gasteiger partial charge in [0.2, 0.25) is 0 Å². The number of thiazole rings is 1. The number of benzene rings is 2. The van der Waals surface area contributed by atoms with Crippen LogP contribution in [0.15, 0.2) is 47.8 Å². The second-order valence-corrected chi connectivity index (χ2v) is 6.79. The van der Waals surface area contributed by atoms with Gasteiger partial charge in [-0.15, -0.1) is 11.3 Å². The van der Waals surface area contributed by atoms with E-state index in [1.54, 1.807) is 25.3 Å². The molecule has 3 aromatic rings. The monoisotopic (exact) mass is 398 g/mol. The van der Waals surface area contributed by atoms with E-state index >= 15 is 0 Å². The third-order valence-corrected chi connectivity index (χ3v) is 4.76. The lowest BCUT2D eigenvalue weighted by atomic mass is 10.1. The third-order valence-electron chi connectivity index (χ3n) is 4.00. The molecular weight excluding hydrogens is 376 g/mol. The summed E-state index contributed by atoms with van der Waals surface area (Å²) < 4.78 is 16.1. The molecular formula is C21H22N2O4S. The van der Waals surface area contributed by atoms with Crippen LogP contribution in [-0.4, -0.2) is 31.7 Å². The van der Waals surface area contributed by atoms with Gasteiger partial charge in [0.1, 0.15) is 17.2 Å². The smallest absolute Gasteiger partial charge is 0.261 e. The number of hydrogen-bond acceptors (Lipinski definition) is 6. The van der Waals surface area contributed by atoms with Crippen molar-refractivity contribution in [1.82, 2.24) is 4.98 Å². The maximum atomic E-state index is 12.7. The largest absolute Gasteiger partial charge is 0.497 e. The Kier molecular flexibility index (Phi) is 6.49. The maximum absolute atomic E-state index is 12.7. The van der Waals surface area contributed by atoms with Crippen LogP contribution >= 0.6 is 11.3 Å². The van der Waals surface area contributed by atoms with Crippen LogP contribution < -0.4 is 19.5 Å². The van der Waals surface area contributed by atoms with Crippen LogP contribution in [0.5, 0.6) is 17.2 Å². The Morgan fingerprint density at radius 3 is 2.50 bits per heavy atom. The summed E-state index contributed by atoms with van der Waals surface area (Å²) in [6, 6.07) is 12.8. The normalized spacial score (nSPS) is 10.4. The van der Waals surface area contributed by atoms with Gasteiger partial charge in [-0.1, -0.05) is 6.92 Å². The van der Waals surface area contributed by atoms with E-state index in [2.05, 4.69) is 17.2 Å². The fourth-order valence-corrected chi connectivity index (χ4v) is 3.28. The van der Waals surface area contributed by atoms with Gasteiger partial charge in [-0.05, 0) is 48.9 Å². The predicted molar refractivity (Wildman–Crippen MR) is 111 cm³/mol. The SMILES string of the molecule is CCCOc1ccc(-c2csc(NC(=O)c3cc(OC)ccc3OC)n2)cc1. The Morgan fingerprint density at radius 2 is 1.82 bits per heavy atom. The molecule has 1 heterocycles. The van der Waals surface area contributed by atoms with Crippen molar-refractivity contribution in [2.75, 3.05) is 26.1 Å². The average molecular weight is 398 g/mol. The number of rotatable bonds is 8. The number of amides is 1. The van der Waals surface area contributed by atoms with Crippen LogP contribution in [0.2, 0.25) is 0 Å². The molecule has 1 N–H and O–H groups in total. The van der Waals surface area contributed by atoms with Crippen molar-refractivity contribution in [3.8, 4) is 28.5 Å². The molecule has 28 heavy (non-hydrogen) atoms. The molecule has 0 aliphatic carbocycles. The fraction of sp³-hybridized carbons (Fsp3) is 0.238. The predicted octanol–water partition coefficient (Wildman–Crippen LogP) is 4.87. The van der Waals surface area contributed by atoms with Gasteiger partial charge in [0.25, 0.3) is 5.91 Å². The van der Waals surface area contributed by atoms with Crippen molar-refractivity contribution in [3.63, 3.8) is 0 Å². The number of nitrogens with zero attached hydrogens (tertiary/aromatic N) is 1. The van der Waals surface area contributed by atoms with Crippen molar-refractivity contribution in [3.05, 3.63) is 53.4 Å². The van der Waals surface area contributed by atoms with E-state index < -0.39 is 0 Å². The van der Waals surface area contributed by atoms with E-state index in [1.165, 1.54) is 18.4 Å². The van der Waals surface area contributed by atoms with Crippen molar-refractivity contribution < 1.29 is 19.0 Å². The van der Waals surface area contributed by atoms with Crippen LogP contribution in [0, 0.1) is 0 Å². The van der Waals surface area contributed by atoms with E-state index in [9.17, 15) is 4.79 Å². The van der Waals surface area contributed by atoms with Gasteiger partial charge in [-0.2, -0.15) is 0 Å². The number of methoxy groups -OCH3 is 2. The molecule has 0 fully saturated rings. The number of ether oxygens (including phenoxy) is 3. The highest BCUT2D eigenvalue weighted by Gasteiger charge is 2.16. The molecule has 7 heteroatoms. The van der Waals surface area contributed by atoms with Gasteiger partial charge in [-0.3, -0.25) is 10.1 Å². The zero-order valence-corrected chi connectivity index (χ0v) is 16.8. The molecule has 0 atom stereocenters. The van der Waals surface area contributed by atoms with E-state index in [1.807, 2.05) is 29.6 Å². The number of aromatic nitrogens is 1. The minimum absolute atomic E-state index is 0.306. The second-order valence-electron chi connectivity index (χ2n) is 5.93. The maximum Gasteiger partial charge on any atom is 0.261 e. The molecule has 0 saturated carbocycles. The molecule has 3 rings (SSSR count). The van der Waals surface area contributed by atoms with Gasteiger partial charge < -0.3 is 14.2 Å². The average Bonchev–Trinajstić information content (AvgIpc) is 3.20. The first-order valence-corrected chi connectivity index (χ1v) is 9.74. The van der Waals surface area contributed by atoms with Crippen LogP contribution in [0.25, 0.3) is 11.3 Å².